The van der Waals surface area contributed by atoms with Gasteiger partial charge in [0.15, 0.2) is 5.82 Å². The molecule has 0 spiro atoms. The van der Waals surface area contributed by atoms with E-state index in [9.17, 15) is 4.39 Å². The second kappa shape index (κ2) is 5.26. The van der Waals surface area contributed by atoms with Crippen LogP contribution in [-0.2, 0) is 0 Å². The van der Waals surface area contributed by atoms with Crippen molar-refractivity contribution in [3.05, 3.63) is 28.0 Å². The maximum absolute atomic E-state index is 14.2. The number of nitrogens with zero attached hydrogens (tertiary/aromatic N) is 1. The first-order valence-corrected chi connectivity index (χ1v) is 6.46. The Balaban J connectivity index is 3.13. The average Bonchev–Trinajstić information content (AvgIpc) is 2.18. The minimum absolute atomic E-state index is 0.0763. The quantitative estimate of drug-likeness (QED) is 0.664. The summed E-state index contributed by atoms with van der Waals surface area (Å²) in [5.41, 5.74) is 6.34. The molecule has 3 nitrogen and oxygen atoms in total. The number of nitrogen functional groups attached to an aromatic ring is 1. The van der Waals surface area contributed by atoms with E-state index in [-0.39, 0.29) is 21.5 Å². The van der Waals surface area contributed by atoms with Gasteiger partial charge in [-0.3, -0.25) is 5.41 Å². The van der Waals surface area contributed by atoms with Crippen molar-refractivity contribution < 1.29 is 4.39 Å². The number of hydrogen-bond acceptors (Lipinski definition) is 2. The third kappa shape index (κ3) is 3.45. The summed E-state index contributed by atoms with van der Waals surface area (Å²) in [6.07, 6.45) is 0. The lowest BCUT2D eigenvalue weighted by atomic mass is 9.96. The van der Waals surface area contributed by atoms with Crippen LogP contribution in [-0.4, -0.2) is 19.4 Å². The minimum atomic E-state index is -0.380. The molecule has 0 saturated heterocycles. The van der Waals surface area contributed by atoms with E-state index in [2.05, 4.69) is 36.7 Å². The largest absolute Gasteiger partial charge is 0.384 e. The summed E-state index contributed by atoms with van der Waals surface area (Å²) in [6, 6.07) is 3.31. The van der Waals surface area contributed by atoms with Gasteiger partial charge in [-0.15, -0.1) is 0 Å². The smallest absolute Gasteiger partial charge is 0.161 e. The van der Waals surface area contributed by atoms with E-state index in [1.54, 1.807) is 12.1 Å². The Kier molecular flexibility index (Phi) is 4.37. The van der Waals surface area contributed by atoms with Crippen molar-refractivity contribution in [2.75, 3.05) is 18.5 Å². The topological polar surface area (TPSA) is 53.1 Å². The van der Waals surface area contributed by atoms with Gasteiger partial charge in [0.2, 0.25) is 0 Å². The van der Waals surface area contributed by atoms with E-state index >= 15 is 0 Å². The highest BCUT2D eigenvalue weighted by Crippen LogP contribution is 2.30. The first kappa shape index (κ1) is 15.0. The Morgan fingerprint density at radius 3 is 2.44 bits per heavy atom. The van der Waals surface area contributed by atoms with Crippen molar-refractivity contribution >= 4 is 27.5 Å². The maximum atomic E-state index is 14.2. The molecule has 0 radical (unpaired) electrons. The summed E-state index contributed by atoms with van der Waals surface area (Å²) in [5.74, 6) is -0.528. The van der Waals surface area contributed by atoms with Gasteiger partial charge >= 0.3 is 0 Å². The molecule has 18 heavy (non-hydrogen) atoms. The van der Waals surface area contributed by atoms with Crippen LogP contribution in [0.15, 0.2) is 16.6 Å². The monoisotopic (exact) mass is 315 g/mol. The fourth-order valence-corrected chi connectivity index (χ4v) is 2.39. The number of nitrogens with one attached hydrogen (secondary N) is 1. The lowest BCUT2D eigenvalue weighted by Gasteiger charge is -2.29. The van der Waals surface area contributed by atoms with Gasteiger partial charge in [-0.1, -0.05) is 20.8 Å². The molecular weight excluding hydrogens is 297 g/mol. The van der Waals surface area contributed by atoms with E-state index < -0.39 is 0 Å². The summed E-state index contributed by atoms with van der Waals surface area (Å²) in [6.45, 7) is 7.02. The molecule has 0 aliphatic carbocycles. The Morgan fingerprint density at radius 2 is 2.00 bits per heavy atom. The summed E-state index contributed by atoms with van der Waals surface area (Å²) >= 11 is 3.16. The fraction of sp³-hybridized carbons (Fsp3) is 0.462. The molecule has 5 heteroatoms. The lowest BCUT2D eigenvalue weighted by molar-refractivity contribution is 0.417. The molecule has 3 N–H and O–H groups in total. The van der Waals surface area contributed by atoms with Gasteiger partial charge in [-0.2, -0.15) is 0 Å². The number of halogens is 2. The lowest BCUT2D eigenvalue weighted by Crippen LogP contribution is -2.30. The number of benzene rings is 1. The van der Waals surface area contributed by atoms with Gasteiger partial charge in [-0.25, -0.2) is 4.39 Å². The molecule has 1 aromatic carbocycles. The molecule has 0 saturated carbocycles. The van der Waals surface area contributed by atoms with E-state index in [0.29, 0.717) is 11.3 Å². The number of anilines is 1. The summed E-state index contributed by atoms with van der Waals surface area (Å²) in [7, 11) is 1.85. The van der Waals surface area contributed by atoms with Gasteiger partial charge in [0, 0.05) is 19.2 Å². The molecule has 0 heterocycles. The van der Waals surface area contributed by atoms with Crippen molar-refractivity contribution in [3.63, 3.8) is 0 Å². The number of rotatable bonds is 3. The van der Waals surface area contributed by atoms with Crippen LogP contribution in [0.5, 0.6) is 0 Å². The van der Waals surface area contributed by atoms with Gasteiger partial charge in [0.1, 0.15) is 5.84 Å². The van der Waals surface area contributed by atoms with Gasteiger partial charge in [0.25, 0.3) is 0 Å². The predicted molar refractivity (Wildman–Crippen MR) is 77.8 cm³/mol. The van der Waals surface area contributed by atoms with Crippen molar-refractivity contribution in [2.24, 2.45) is 11.1 Å². The molecular formula is C13H19BrFN3. The molecule has 0 amide bonds. The van der Waals surface area contributed by atoms with Crippen LogP contribution in [0.4, 0.5) is 10.1 Å². The molecule has 0 bridgehead atoms. The van der Waals surface area contributed by atoms with Crippen molar-refractivity contribution in [1.29, 1.82) is 5.41 Å². The Hall–Kier alpha value is -1.10. The normalized spacial score (nSPS) is 11.4. The van der Waals surface area contributed by atoms with E-state index in [1.165, 1.54) is 0 Å². The minimum Gasteiger partial charge on any atom is -0.384 e. The summed E-state index contributed by atoms with van der Waals surface area (Å²) < 4.78 is 14.5. The zero-order valence-corrected chi connectivity index (χ0v) is 12.7. The van der Waals surface area contributed by atoms with Gasteiger partial charge in [-0.05, 0) is 33.5 Å². The second-order valence-corrected chi connectivity index (χ2v) is 6.38. The van der Waals surface area contributed by atoms with Gasteiger partial charge in [0.05, 0.1) is 10.2 Å². The molecule has 0 aliphatic rings. The van der Waals surface area contributed by atoms with E-state index in [0.717, 1.165) is 6.54 Å². The van der Waals surface area contributed by atoms with Crippen LogP contribution in [0.3, 0.4) is 0 Å². The Bertz CT molecular complexity index is 466. The van der Waals surface area contributed by atoms with E-state index in [1.807, 2.05) is 11.9 Å². The Morgan fingerprint density at radius 1 is 1.44 bits per heavy atom. The second-order valence-electron chi connectivity index (χ2n) is 5.59. The molecule has 0 aliphatic heterocycles. The summed E-state index contributed by atoms with van der Waals surface area (Å²) in [4.78, 5) is 1.87. The highest BCUT2D eigenvalue weighted by atomic mass is 79.9. The standard InChI is InChI=1S/C13H19BrFN3/c1-13(2,3)7-18(4)9-6-5-8(12(16)17)10(14)11(9)15/h5-6H,7H2,1-4H3,(H3,16,17). The van der Waals surface area contributed by atoms with Gasteiger partial charge < -0.3 is 10.6 Å². The average molecular weight is 316 g/mol. The van der Waals surface area contributed by atoms with Crippen LogP contribution >= 0.6 is 15.9 Å². The zero-order valence-electron chi connectivity index (χ0n) is 11.1. The van der Waals surface area contributed by atoms with E-state index in [4.69, 9.17) is 11.1 Å². The maximum Gasteiger partial charge on any atom is 0.161 e. The molecule has 0 unspecified atom stereocenters. The van der Waals surface area contributed by atoms with Crippen LogP contribution in [0.1, 0.15) is 26.3 Å². The third-order valence-electron chi connectivity index (χ3n) is 2.47. The SMILES string of the molecule is CN(CC(C)(C)C)c1ccc(C(=N)N)c(Br)c1F. The van der Waals surface area contributed by atoms with Crippen LogP contribution in [0, 0.1) is 16.6 Å². The molecule has 0 fully saturated rings. The van der Waals surface area contributed by atoms with Crippen LogP contribution in [0.2, 0.25) is 0 Å². The summed E-state index contributed by atoms with van der Waals surface area (Å²) in [5, 5.41) is 7.36. The number of hydrogen-bond donors (Lipinski definition) is 2. The first-order chi connectivity index (χ1) is 8.13. The predicted octanol–water partition coefficient (Wildman–Crippen LogP) is 3.35. The van der Waals surface area contributed by atoms with Crippen molar-refractivity contribution in [3.8, 4) is 0 Å². The van der Waals surface area contributed by atoms with Crippen LogP contribution in [0.25, 0.3) is 0 Å². The van der Waals surface area contributed by atoms with Crippen molar-refractivity contribution in [2.45, 2.75) is 20.8 Å². The highest BCUT2D eigenvalue weighted by Gasteiger charge is 2.19. The third-order valence-corrected chi connectivity index (χ3v) is 3.25. The molecule has 1 aromatic rings. The molecule has 0 aromatic heterocycles. The number of amidine groups is 1. The Labute approximate surface area is 116 Å². The molecule has 0 atom stereocenters. The highest BCUT2D eigenvalue weighted by molar-refractivity contribution is 9.10. The number of nitrogens with two attached hydrogens (primary N) is 1. The first-order valence-electron chi connectivity index (χ1n) is 5.67. The molecule has 100 valence electrons. The zero-order chi connectivity index (χ0) is 14.1. The van der Waals surface area contributed by atoms with Crippen LogP contribution < -0.4 is 10.6 Å². The van der Waals surface area contributed by atoms with Crippen molar-refractivity contribution in [1.82, 2.24) is 0 Å². The molecule has 1 rings (SSSR count). The fourth-order valence-electron chi connectivity index (χ4n) is 1.84.